The van der Waals surface area contributed by atoms with Crippen LogP contribution in [0.3, 0.4) is 0 Å². The molecule has 0 N–H and O–H groups in total. The van der Waals surface area contributed by atoms with E-state index in [2.05, 4.69) is 141 Å². The maximum atomic E-state index is 2.35. The van der Waals surface area contributed by atoms with Gasteiger partial charge < -0.3 is 0 Å². The molecule has 0 bridgehead atoms. The number of aryl methyl sites for hydroxylation is 4. The first kappa shape index (κ1) is 35.6. The molecule has 0 spiro atoms. The predicted molar refractivity (Wildman–Crippen MR) is 178 cm³/mol. The zero-order valence-electron chi connectivity index (χ0n) is 25.0. The number of hydrogen-bond acceptors (Lipinski definition) is 0. The van der Waals surface area contributed by atoms with E-state index in [1.165, 1.54) is 54.9 Å². The summed E-state index contributed by atoms with van der Waals surface area (Å²) in [7, 11) is 0. The van der Waals surface area contributed by atoms with Gasteiger partial charge in [-0.25, -0.2) is 0 Å². The minimum atomic E-state index is -0.122. The summed E-state index contributed by atoms with van der Waals surface area (Å²) in [5.41, 5.74) is 8.34. The van der Waals surface area contributed by atoms with Crippen molar-refractivity contribution < 1.29 is 23.3 Å². The van der Waals surface area contributed by atoms with Crippen molar-refractivity contribution in [2.45, 2.75) is 73.8 Å². The normalized spacial score (nSPS) is 10.4. The fourth-order valence-corrected chi connectivity index (χ4v) is 6.84. The smallest absolute Gasteiger partial charge is 0.0308 e. The van der Waals surface area contributed by atoms with Crippen LogP contribution in [0.1, 0.15) is 72.9 Å². The van der Waals surface area contributed by atoms with Gasteiger partial charge in [-0.1, -0.05) is 78.6 Å². The maximum Gasteiger partial charge on any atom is -0.0308 e. The maximum absolute atomic E-state index is 2.35. The van der Waals surface area contributed by atoms with E-state index >= 15 is 0 Å². The Balaban J connectivity index is 0.000000292. The van der Waals surface area contributed by atoms with Crippen LogP contribution in [0.4, 0.5) is 0 Å². The first-order valence-electron chi connectivity index (χ1n) is 13.4. The van der Waals surface area contributed by atoms with Gasteiger partial charge in [-0.3, -0.25) is 0 Å². The minimum Gasteiger partial charge on any atom is -0.165 e. The molecule has 5 rings (SSSR count). The summed E-state index contributed by atoms with van der Waals surface area (Å²) < 4.78 is 0. The van der Waals surface area contributed by atoms with E-state index in [1.807, 2.05) is 0 Å². The Morgan fingerprint density at radius 2 is 1.00 bits per heavy atom. The van der Waals surface area contributed by atoms with Gasteiger partial charge in [-0.2, -0.15) is 12.1 Å². The number of halogens is 2. The first-order valence-corrected chi connectivity index (χ1v) is 19.1. The zero-order valence-corrected chi connectivity index (χ0v) is 30.1. The van der Waals surface area contributed by atoms with Gasteiger partial charge in [0.1, 0.15) is 0 Å². The molecule has 0 radical (unpaired) electrons. The molecule has 206 valence electrons. The molecule has 0 saturated carbocycles. The topological polar surface area (TPSA) is 0 Å². The van der Waals surface area contributed by atoms with Crippen molar-refractivity contribution in [3.63, 3.8) is 0 Å². The van der Waals surface area contributed by atoms with Crippen molar-refractivity contribution >= 4 is 57.0 Å². The Morgan fingerprint density at radius 3 is 1.31 bits per heavy atom. The van der Waals surface area contributed by atoms with Crippen LogP contribution in [-0.2, 0) is 23.3 Å². The molecule has 0 aromatic heterocycles. The number of rotatable bonds is 3. The van der Waals surface area contributed by atoms with Crippen LogP contribution in [0.15, 0.2) is 78.9 Å². The summed E-state index contributed by atoms with van der Waals surface area (Å²) in [6.45, 7) is 20.1. The number of hydrogen-bond donors (Lipinski definition) is 0. The summed E-state index contributed by atoms with van der Waals surface area (Å²) in [5.74, 6) is 1.22. The second kappa shape index (κ2) is 16.1. The molecule has 4 heteroatoms. The summed E-state index contributed by atoms with van der Waals surface area (Å²) >= 11 is 1.69. The third-order valence-electron chi connectivity index (χ3n) is 7.02. The standard InChI is InChI=1S/2C14H17.C7H8Si.2ClH.Zr/c2*1-9(2)12-6-5-11(4)13-7-10(3)8-14(12)13;1-8-7-5-3-2-4-6-7;;;/h2*5-9H,1-4H3;2-6H,1H3;2*1H;/q2*-1;;;;+2. The third-order valence-corrected chi connectivity index (χ3v) is 10.3. The molecule has 5 aromatic carbocycles. The van der Waals surface area contributed by atoms with Crippen LogP contribution in [0.2, 0.25) is 6.55 Å². The Morgan fingerprint density at radius 1 is 0.615 bits per heavy atom. The molecule has 0 amide bonds. The van der Waals surface area contributed by atoms with Gasteiger partial charge in [-0.05, 0) is 11.8 Å². The summed E-state index contributed by atoms with van der Waals surface area (Å²) in [4.78, 5) is 0. The van der Waals surface area contributed by atoms with Crippen molar-refractivity contribution in [2.75, 3.05) is 0 Å². The number of benzene rings is 3. The van der Waals surface area contributed by atoms with Gasteiger partial charge in [0.15, 0.2) is 0 Å². The molecule has 0 saturated heterocycles. The fraction of sp³-hybridized carbons (Fsp3) is 0.314. The summed E-state index contributed by atoms with van der Waals surface area (Å²) in [6, 6.07) is 28.9. The molecule has 5 aromatic rings. The third kappa shape index (κ3) is 9.29. The van der Waals surface area contributed by atoms with Crippen molar-refractivity contribution in [1.82, 2.24) is 0 Å². The Kier molecular flexibility index (Phi) is 14.7. The van der Waals surface area contributed by atoms with Crippen molar-refractivity contribution in [1.29, 1.82) is 0 Å². The minimum absolute atomic E-state index is 0. The first-order chi connectivity index (χ1) is 17.5. The summed E-state index contributed by atoms with van der Waals surface area (Å²) in [6.07, 6.45) is 0. The van der Waals surface area contributed by atoms with E-state index in [1.54, 1.807) is 28.5 Å². The van der Waals surface area contributed by atoms with Gasteiger partial charge in [0.2, 0.25) is 0 Å². The van der Waals surface area contributed by atoms with Crippen molar-refractivity contribution in [3.8, 4) is 0 Å². The van der Waals surface area contributed by atoms with Gasteiger partial charge in [0.25, 0.3) is 0 Å². The molecular formula is C35H44Cl2SiZr. The Bertz CT molecular complexity index is 1400. The van der Waals surface area contributed by atoms with Gasteiger partial charge in [0.05, 0.1) is 0 Å². The summed E-state index contributed by atoms with van der Waals surface area (Å²) in [5, 5.41) is 7.29. The quantitative estimate of drug-likeness (QED) is 0.134. The van der Waals surface area contributed by atoms with E-state index in [-0.39, 0.29) is 30.2 Å². The van der Waals surface area contributed by atoms with Crippen LogP contribution in [-0.4, -0.2) is 5.43 Å². The van der Waals surface area contributed by atoms with Crippen LogP contribution in [0.5, 0.6) is 0 Å². The molecule has 0 unspecified atom stereocenters. The molecule has 39 heavy (non-hydrogen) atoms. The van der Waals surface area contributed by atoms with E-state index in [0.29, 0.717) is 11.8 Å². The largest absolute Gasteiger partial charge is 0.165 e. The van der Waals surface area contributed by atoms with Crippen LogP contribution in [0, 0.1) is 27.7 Å². The van der Waals surface area contributed by atoms with Crippen LogP contribution < -0.4 is 5.19 Å². The molecule has 0 aliphatic rings. The monoisotopic (exact) mass is 652 g/mol. The molecule has 0 nitrogen and oxygen atoms in total. The fourth-order valence-electron chi connectivity index (χ4n) is 4.92. The van der Waals surface area contributed by atoms with E-state index in [9.17, 15) is 0 Å². The molecular weight excluding hydrogens is 611 g/mol. The molecule has 0 atom stereocenters. The molecule has 0 heterocycles. The van der Waals surface area contributed by atoms with Crippen LogP contribution >= 0.6 is 24.8 Å². The SMILES string of the molecule is C[Si](=[Zr+2])c1ccccc1.Cc1cc2c(C(C)C)ccc(C)c2[cH-]1.Cc1cc2c(C(C)C)ccc(C)c2[cH-]1.Cl.Cl. The average Bonchev–Trinajstić information content (AvgIpc) is 3.43. The second-order valence-corrected chi connectivity index (χ2v) is 18.3. The second-order valence-electron chi connectivity index (χ2n) is 11.0. The Hall–Kier alpha value is -1.44. The molecule has 0 fully saturated rings. The van der Waals surface area contributed by atoms with Crippen LogP contribution in [0.25, 0.3) is 21.5 Å². The molecule has 0 aliphatic carbocycles. The van der Waals surface area contributed by atoms with Crippen molar-refractivity contribution in [2.24, 2.45) is 0 Å². The van der Waals surface area contributed by atoms with Gasteiger partial charge >= 0.3 is 70.8 Å². The average molecular weight is 655 g/mol. The van der Waals surface area contributed by atoms with Gasteiger partial charge in [-0.15, -0.1) is 92.9 Å². The molecule has 0 aliphatic heterocycles. The number of fused-ring (bicyclic) bond motifs is 2. The van der Waals surface area contributed by atoms with Crippen molar-refractivity contribution in [3.05, 3.63) is 112 Å². The zero-order chi connectivity index (χ0) is 27.3. The predicted octanol–water partition coefficient (Wildman–Crippen LogP) is 10.5. The van der Waals surface area contributed by atoms with Gasteiger partial charge in [0, 0.05) is 0 Å². The Labute approximate surface area is 264 Å². The van der Waals surface area contributed by atoms with E-state index < -0.39 is 0 Å². The van der Waals surface area contributed by atoms with E-state index in [4.69, 9.17) is 0 Å². The van der Waals surface area contributed by atoms with E-state index in [0.717, 1.165) is 0 Å².